The summed E-state index contributed by atoms with van der Waals surface area (Å²) < 4.78 is 6.98. The standard InChI is InChI=1S/C16H21BrN2OS/c1-4-13(18)8-12-6-5-7-14(17)16(12)20-9-15-19-10(2)11(3)21-15/h5-7,13H,4,8-9,18H2,1-3H3. The first-order valence-electron chi connectivity index (χ1n) is 7.10. The number of para-hydroxylation sites is 1. The van der Waals surface area contributed by atoms with E-state index in [-0.39, 0.29) is 6.04 Å². The molecule has 1 aromatic heterocycles. The van der Waals surface area contributed by atoms with Gasteiger partial charge in [0.1, 0.15) is 17.4 Å². The third kappa shape index (κ3) is 4.28. The molecule has 2 N–H and O–H groups in total. The van der Waals surface area contributed by atoms with Crippen molar-refractivity contribution in [3.8, 4) is 5.75 Å². The Bertz CT molecular complexity index is 593. The highest BCUT2D eigenvalue weighted by Gasteiger charge is 2.12. The normalized spacial score (nSPS) is 12.4. The van der Waals surface area contributed by atoms with E-state index >= 15 is 0 Å². The number of ether oxygens (including phenoxy) is 1. The highest BCUT2D eigenvalue weighted by Crippen LogP contribution is 2.31. The summed E-state index contributed by atoms with van der Waals surface area (Å²) in [5, 5.41) is 1.01. The lowest BCUT2D eigenvalue weighted by atomic mass is 10.0. The fourth-order valence-electron chi connectivity index (χ4n) is 2.04. The van der Waals surface area contributed by atoms with Crippen molar-refractivity contribution in [2.45, 2.75) is 46.3 Å². The molecule has 0 saturated heterocycles. The molecule has 0 radical (unpaired) electrons. The largest absolute Gasteiger partial charge is 0.485 e. The van der Waals surface area contributed by atoms with Crippen LogP contribution in [-0.2, 0) is 13.0 Å². The fourth-order valence-corrected chi connectivity index (χ4v) is 3.41. The van der Waals surface area contributed by atoms with E-state index < -0.39 is 0 Å². The fraction of sp³-hybridized carbons (Fsp3) is 0.438. The monoisotopic (exact) mass is 368 g/mol. The van der Waals surface area contributed by atoms with E-state index in [4.69, 9.17) is 10.5 Å². The molecule has 0 bridgehead atoms. The Morgan fingerprint density at radius 3 is 2.76 bits per heavy atom. The van der Waals surface area contributed by atoms with Crippen molar-refractivity contribution < 1.29 is 4.74 Å². The van der Waals surface area contributed by atoms with Crippen molar-refractivity contribution in [1.29, 1.82) is 0 Å². The average Bonchev–Trinajstić information content (AvgIpc) is 2.77. The van der Waals surface area contributed by atoms with Crippen molar-refractivity contribution in [1.82, 2.24) is 4.98 Å². The van der Waals surface area contributed by atoms with E-state index in [9.17, 15) is 0 Å². The number of hydrogen-bond donors (Lipinski definition) is 1. The Balaban J connectivity index is 2.14. The predicted octanol–water partition coefficient (Wildman–Crippen LogP) is 4.38. The van der Waals surface area contributed by atoms with Crippen molar-refractivity contribution in [2.75, 3.05) is 0 Å². The molecule has 21 heavy (non-hydrogen) atoms. The minimum atomic E-state index is 0.158. The maximum Gasteiger partial charge on any atom is 0.140 e. The number of rotatable bonds is 6. The first-order valence-corrected chi connectivity index (χ1v) is 8.70. The molecule has 0 saturated carbocycles. The van der Waals surface area contributed by atoms with E-state index in [1.54, 1.807) is 11.3 Å². The first kappa shape index (κ1) is 16.5. The summed E-state index contributed by atoms with van der Waals surface area (Å²) in [5.41, 5.74) is 8.30. The maximum atomic E-state index is 6.07. The van der Waals surface area contributed by atoms with E-state index in [1.807, 2.05) is 19.1 Å². The molecule has 114 valence electrons. The number of benzene rings is 1. The Morgan fingerprint density at radius 2 is 2.14 bits per heavy atom. The van der Waals surface area contributed by atoms with Gasteiger partial charge in [0, 0.05) is 10.9 Å². The molecule has 0 aliphatic heterocycles. The van der Waals surface area contributed by atoms with Gasteiger partial charge in [0.2, 0.25) is 0 Å². The minimum absolute atomic E-state index is 0.158. The number of aryl methyl sites for hydroxylation is 2. The van der Waals surface area contributed by atoms with Crippen LogP contribution in [0.1, 0.15) is 34.5 Å². The molecular formula is C16H21BrN2OS. The Hall–Kier alpha value is -0.910. The summed E-state index contributed by atoms with van der Waals surface area (Å²) >= 11 is 5.26. The van der Waals surface area contributed by atoms with Crippen LogP contribution in [0.15, 0.2) is 22.7 Å². The van der Waals surface area contributed by atoms with Crippen molar-refractivity contribution >= 4 is 27.3 Å². The number of aromatic nitrogens is 1. The first-order chi connectivity index (χ1) is 10.0. The van der Waals surface area contributed by atoms with E-state index in [0.29, 0.717) is 6.61 Å². The molecule has 0 spiro atoms. The zero-order chi connectivity index (χ0) is 15.4. The van der Waals surface area contributed by atoms with Gasteiger partial charge in [0.15, 0.2) is 0 Å². The molecule has 0 amide bonds. The summed E-state index contributed by atoms with van der Waals surface area (Å²) in [4.78, 5) is 5.76. The maximum absolute atomic E-state index is 6.07. The van der Waals surface area contributed by atoms with Gasteiger partial charge in [-0.1, -0.05) is 19.1 Å². The number of hydrogen-bond acceptors (Lipinski definition) is 4. The highest BCUT2D eigenvalue weighted by molar-refractivity contribution is 9.10. The Labute approximate surface area is 138 Å². The average molecular weight is 369 g/mol. The van der Waals surface area contributed by atoms with Crippen LogP contribution in [0, 0.1) is 13.8 Å². The number of nitrogens with two attached hydrogens (primary N) is 1. The molecule has 0 fully saturated rings. The second-order valence-electron chi connectivity index (χ2n) is 5.14. The van der Waals surface area contributed by atoms with Gasteiger partial charge in [-0.05, 0) is 54.2 Å². The molecule has 1 unspecified atom stereocenters. The molecule has 1 aromatic carbocycles. The molecular weight excluding hydrogens is 348 g/mol. The van der Waals surface area contributed by atoms with Gasteiger partial charge in [-0.3, -0.25) is 0 Å². The van der Waals surface area contributed by atoms with Crippen molar-refractivity contribution in [3.63, 3.8) is 0 Å². The molecule has 0 aliphatic rings. The van der Waals surface area contributed by atoms with Gasteiger partial charge in [-0.2, -0.15) is 0 Å². The number of halogens is 1. The summed E-state index contributed by atoms with van der Waals surface area (Å²) in [7, 11) is 0. The van der Waals surface area contributed by atoms with Crippen LogP contribution in [0.2, 0.25) is 0 Å². The summed E-state index contributed by atoms with van der Waals surface area (Å²) in [6.45, 7) is 6.71. The van der Waals surface area contributed by atoms with Gasteiger partial charge in [0.25, 0.3) is 0 Å². The Morgan fingerprint density at radius 1 is 1.38 bits per heavy atom. The lowest BCUT2D eigenvalue weighted by Crippen LogP contribution is -2.21. The van der Waals surface area contributed by atoms with Crippen LogP contribution < -0.4 is 10.5 Å². The number of nitrogens with zero attached hydrogens (tertiary/aromatic N) is 1. The van der Waals surface area contributed by atoms with Crippen LogP contribution in [0.3, 0.4) is 0 Å². The molecule has 1 atom stereocenters. The van der Waals surface area contributed by atoms with Crippen LogP contribution in [0.25, 0.3) is 0 Å². The van der Waals surface area contributed by atoms with Gasteiger partial charge in [-0.25, -0.2) is 4.98 Å². The zero-order valence-electron chi connectivity index (χ0n) is 12.6. The lowest BCUT2D eigenvalue weighted by Gasteiger charge is -2.15. The predicted molar refractivity (Wildman–Crippen MR) is 92.0 cm³/mol. The summed E-state index contributed by atoms with van der Waals surface area (Å²) in [6, 6.07) is 6.25. The molecule has 2 aromatic rings. The van der Waals surface area contributed by atoms with Crippen LogP contribution in [0.4, 0.5) is 0 Å². The SMILES string of the molecule is CCC(N)Cc1cccc(Br)c1OCc1nc(C)c(C)s1. The molecule has 0 aliphatic carbocycles. The molecule has 3 nitrogen and oxygen atoms in total. The second-order valence-corrected chi connectivity index (χ2v) is 7.28. The van der Waals surface area contributed by atoms with Crippen molar-refractivity contribution in [2.24, 2.45) is 5.73 Å². The third-order valence-corrected chi connectivity index (χ3v) is 5.14. The van der Waals surface area contributed by atoms with Crippen LogP contribution in [0.5, 0.6) is 5.75 Å². The van der Waals surface area contributed by atoms with Gasteiger partial charge in [0.05, 0.1) is 10.2 Å². The summed E-state index contributed by atoms with van der Waals surface area (Å²) in [6.07, 6.45) is 1.78. The molecule has 5 heteroatoms. The lowest BCUT2D eigenvalue weighted by molar-refractivity contribution is 0.299. The second kappa shape index (κ2) is 7.38. The van der Waals surface area contributed by atoms with Gasteiger partial charge >= 0.3 is 0 Å². The van der Waals surface area contributed by atoms with Crippen LogP contribution >= 0.6 is 27.3 Å². The Kier molecular flexibility index (Phi) is 5.79. The van der Waals surface area contributed by atoms with Gasteiger partial charge < -0.3 is 10.5 Å². The highest BCUT2D eigenvalue weighted by atomic mass is 79.9. The van der Waals surface area contributed by atoms with Crippen LogP contribution in [-0.4, -0.2) is 11.0 Å². The molecule has 1 heterocycles. The van der Waals surface area contributed by atoms with Gasteiger partial charge in [-0.15, -0.1) is 11.3 Å². The molecule has 2 rings (SSSR count). The van der Waals surface area contributed by atoms with E-state index in [1.165, 1.54) is 4.88 Å². The van der Waals surface area contributed by atoms with Crippen molar-refractivity contribution in [3.05, 3.63) is 43.8 Å². The quantitative estimate of drug-likeness (QED) is 0.822. The zero-order valence-corrected chi connectivity index (χ0v) is 15.1. The number of thiazole rings is 1. The topological polar surface area (TPSA) is 48.1 Å². The summed E-state index contributed by atoms with van der Waals surface area (Å²) in [5.74, 6) is 0.881. The van der Waals surface area contributed by atoms with E-state index in [2.05, 4.69) is 40.8 Å². The van der Waals surface area contributed by atoms with E-state index in [0.717, 1.165) is 39.3 Å². The third-order valence-electron chi connectivity index (χ3n) is 3.47. The minimum Gasteiger partial charge on any atom is -0.485 e. The smallest absolute Gasteiger partial charge is 0.140 e.